The molecule has 0 spiro atoms. The van der Waals surface area contributed by atoms with Crippen LogP contribution in [0, 0.1) is 13.8 Å². The van der Waals surface area contributed by atoms with E-state index in [-0.39, 0.29) is 11.7 Å². The van der Waals surface area contributed by atoms with E-state index in [2.05, 4.69) is 19.1 Å². The lowest BCUT2D eigenvalue weighted by atomic mass is 10.1. The average Bonchev–Trinajstić information content (AvgIpc) is 3.36. The first-order valence-electron chi connectivity index (χ1n) is 9.79. The van der Waals surface area contributed by atoms with E-state index in [0.29, 0.717) is 29.6 Å². The molecule has 0 bridgehead atoms. The van der Waals surface area contributed by atoms with Crippen LogP contribution in [0.25, 0.3) is 21.2 Å². The van der Waals surface area contributed by atoms with Crippen molar-refractivity contribution in [2.45, 2.75) is 13.8 Å². The number of aryl methyl sites for hydroxylation is 2. The van der Waals surface area contributed by atoms with Crippen molar-refractivity contribution >= 4 is 43.6 Å². The molecule has 2 heterocycles. The highest BCUT2D eigenvalue weighted by atomic mass is 32.1. The fourth-order valence-corrected chi connectivity index (χ4v) is 4.52. The van der Waals surface area contributed by atoms with Gasteiger partial charge in [-0.05, 0) is 51.2 Å². The number of likely N-dealkylation sites (N-methyl/N-ethyl adjacent to an activating group) is 1. The number of fused-ring (bicyclic) bond motifs is 2. The molecule has 7 heteroatoms. The first-order valence-corrected chi connectivity index (χ1v) is 10.6. The highest BCUT2D eigenvalue weighted by Crippen LogP contribution is 2.35. The van der Waals surface area contributed by atoms with Crippen LogP contribution in [0.5, 0.6) is 5.75 Å². The van der Waals surface area contributed by atoms with Gasteiger partial charge in [0.05, 0.1) is 17.3 Å². The molecule has 0 aliphatic carbocycles. The van der Waals surface area contributed by atoms with Gasteiger partial charge >= 0.3 is 0 Å². The lowest BCUT2D eigenvalue weighted by Gasteiger charge is -2.20. The van der Waals surface area contributed by atoms with Crippen LogP contribution in [0.15, 0.2) is 40.8 Å². The van der Waals surface area contributed by atoms with Gasteiger partial charge in [0.25, 0.3) is 5.91 Å². The number of carbonyl (C=O) groups is 1. The van der Waals surface area contributed by atoms with Crippen molar-refractivity contribution in [2.24, 2.45) is 0 Å². The fourth-order valence-electron chi connectivity index (χ4n) is 3.38. The maximum atomic E-state index is 13.5. The third-order valence-electron chi connectivity index (χ3n) is 5.12. The zero-order chi connectivity index (χ0) is 21.4. The van der Waals surface area contributed by atoms with Crippen LogP contribution >= 0.6 is 11.3 Å². The minimum Gasteiger partial charge on any atom is -0.493 e. The molecule has 0 unspecified atom stereocenters. The number of furan rings is 1. The van der Waals surface area contributed by atoms with E-state index in [0.717, 1.165) is 26.7 Å². The number of anilines is 1. The number of rotatable bonds is 6. The van der Waals surface area contributed by atoms with Crippen LogP contribution in [-0.4, -0.2) is 50.1 Å². The van der Waals surface area contributed by atoms with Gasteiger partial charge in [0.15, 0.2) is 22.2 Å². The molecule has 0 saturated heterocycles. The summed E-state index contributed by atoms with van der Waals surface area (Å²) in [4.78, 5) is 22.1. The second-order valence-electron chi connectivity index (χ2n) is 7.62. The minimum absolute atomic E-state index is 0.204. The molecule has 1 amide bonds. The lowest BCUT2D eigenvalue weighted by Crippen LogP contribution is -2.36. The van der Waals surface area contributed by atoms with Crippen molar-refractivity contribution in [3.05, 3.63) is 53.3 Å². The molecule has 0 fully saturated rings. The predicted octanol–water partition coefficient (Wildman–Crippen LogP) is 4.88. The summed E-state index contributed by atoms with van der Waals surface area (Å²) >= 11 is 1.54. The van der Waals surface area contributed by atoms with Crippen molar-refractivity contribution in [3.63, 3.8) is 0 Å². The van der Waals surface area contributed by atoms with Crippen LogP contribution in [0.4, 0.5) is 5.13 Å². The Bertz CT molecular complexity index is 1190. The van der Waals surface area contributed by atoms with E-state index >= 15 is 0 Å². The van der Waals surface area contributed by atoms with Gasteiger partial charge < -0.3 is 14.1 Å². The first-order chi connectivity index (χ1) is 14.4. The number of benzene rings is 2. The molecular formula is C23H25N3O3S. The largest absolute Gasteiger partial charge is 0.493 e. The molecule has 4 rings (SSSR count). The summed E-state index contributed by atoms with van der Waals surface area (Å²) in [6, 6.07) is 11.5. The lowest BCUT2D eigenvalue weighted by molar-refractivity contribution is 0.0960. The normalized spacial score (nSPS) is 11.5. The van der Waals surface area contributed by atoms with E-state index in [1.807, 2.05) is 44.1 Å². The number of methoxy groups -OCH3 is 1. The highest BCUT2D eigenvalue weighted by Gasteiger charge is 2.25. The second-order valence-corrected chi connectivity index (χ2v) is 8.60. The van der Waals surface area contributed by atoms with Crippen LogP contribution in [0.1, 0.15) is 21.7 Å². The van der Waals surface area contributed by atoms with Gasteiger partial charge in [0.1, 0.15) is 0 Å². The number of para-hydroxylation sites is 1. The molecular weight excluding hydrogens is 398 g/mol. The smallest absolute Gasteiger partial charge is 0.295 e. The third kappa shape index (κ3) is 3.66. The van der Waals surface area contributed by atoms with Crippen molar-refractivity contribution < 1.29 is 13.9 Å². The van der Waals surface area contributed by atoms with Crippen LogP contribution in [0.3, 0.4) is 0 Å². The Morgan fingerprint density at radius 2 is 1.90 bits per heavy atom. The summed E-state index contributed by atoms with van der Waals surface area (Å²) < 4.78 is 12.4. The number of hydrogen-bond donors (Lipinski definition) is 0. The molecule has 156 valence electrons. The van der Waals surface area contributed by atoms with Gasteiger partial charge in [-0.15, -0.1) is 0 Å². The minimum atomic E-state index is -0.204. The Balaban J connectivity index is 1.78. The molecule has 2 aromatic heterocycles. The molecule has 0 aliphatic rings. The SMILES string of the molecule is COc1cccc2cc(C(=O)N(CCN(C)C)c3nc4c(C)ccc(C)c4s3)oc12. The zero-order valence-electron chi connectivity index (χ0n) is 17.9. The van der Waals surface area contributed by atoms with Gasteiger partial charge in [0.2, 0.25) is 0 Å². The molecule has 2 aromatic carbocycles. The maximum absolute atomic E-state index is 13.5. The fraction of sp³-hybridized carbons (Fsp3) is 0.304. The Morgan fingerprint density at radius 1 is 1.13 bits per heavy atom. The van der Waals surface area contributed by atoms with Crippen molar-refractivity contribution in [3.8, 4) is 5.75 Å². The molecule has 6 nitrogen and oxygen atoms in total. The van der Waals surface area contributed by atoms with Crippen LogP contribution in [-0.2, 0) is 0 Å². The molecule has 30 heavy (non-hydrogen) atoms. The van der Waals surface area contributed by atoms with Crippen LogP contribution in [0.2, 0.25) is 0 Å². The summed E-state index contributed by atoms with van der Waals surface area (Å²) in [6.45, 7) is 5.34. The Labute approximate surface area is 179 Å². The number of carbonyl (C=O) groups excluding carboxylic acids is 1. The zero-order valence-corrected chi connectivity index (χ0v) is 18.7. The monoisotopic (exact) mass is 423 g/mol. The Morgan fingerprint density at radius 3 is 2.60 bits per heavy atom. The number of ether oxygens (including phenoxy) is 1. The highest BCUT2D eigenvalue weighted by molar-refractivity contribution is 7.22. The van der Waals surface area contributed by atoms with E-state index < -0.39 is 0 Å². The first kappa shape index (κ1) is 20.4. The summed E-state index contributed by atoms with van der Waals surface area (Å²) in [6.07, 6.45) is 0. The number of aromatic nitrogens is 1. The van der Waals surface area contributed by atoms with Crippen molar-refractivity contribution in [1.29, 1.82) is 0 Å². The van der Waals surface area contributed by atoms with E-state index in [1.54, 1.807) is 29.4 Å². The summed E-state index contributed by atoms with van der Waals surface area (Å²) in [5.41, 5.74) is 3.79. The molecule has 0 saturated carbocycles. The molecule has 0 N–H and O–H groups in total. The quantitative estimate of drug-likeness (QED) is 0.443. The van der Waals surface area contributed by atoms with Gasteiger partial charge in [-0.3, -0.25) is 9.69 Å². The topological polar surface area (TPSA) is 58.8 Å². The van der Waals surface area contributed by atoms with Crippen molar-refractivity contribution in [2.75, 3.05) is 39.2 Å². The summed E-state index contributed by atoms with van der Waals surface area (Å²) in [7, 11) is 5.57. The number of thiazole rings is 1. The van der Waals surface area contributed by atoms with Crippen molar-refractivity contribution in [1.82, 2.24) is 9.88 Å². The second kappa shape index (κ2) is 8.08. The molecule has 0 aliphatic heterocycles. The van der Waals surface area contributed by atoms with Gasteiger partial charge in [0, 0.05) is 18.5 Å². The van der Waals surface area contributed by atoms with Gasteiger partial charge in [-0.2, -0.15) is 0 Å². The average molecular weight is 424 g/mol. The number of hydrogen-bond acceptors (Lipinski definition) is 6. The summed E-state index contributed by atoms with van der Waals surface area (Å²) in [5, 5.41) is 1.52. The van der Waals surface area contributed by atoms with Gasteiger partial charge in [-0.1, -0.05) is 35.6 Å². The van der Waals surface area contributed by atoms with E-state index in [1.165, 1.54) is 0 Å². The molecule has 0 radical (unpaired) electrons. The number of amides is 1. The Hall–Kier alpha value is -2.90. The third-order valence-corrected chi connectivity index (χ3v) is 6.33. The standard InChI is InChI=1S/C23H25N3O3S/c1-14-9-10-15(2)21-19(14)24-23(30-21)26(12-11-25(3)4)22(27)18-13-16-7-6-8-17(28-5)20(16)29-18/h6-10,13H,11-12H2,1-5H3. The number of nitrogens with zero attached hydrogens (tertiary/aromatic N) is 3. The Kier molecular flexibility index (Phi) is 5.49. The maximum Gasteiger partial charge on any atom is 0.295 e. The van der Waals surface area contributed by atoms with Gasteiger partial charge in [-0.25, -0.2) is 4.98 Å². The van der Waals surface area contributed by atoms with E-state index in [9.17, 15) is 4.79 Å². The molecule has 4 aromatic rings. The predicted molar refractivity (Wildman–Crippen MR) is 122 cm³/mol. The van der Waals surface area contributed by atoms with Crippen LogP contribution < -0.4 is 9.64 Å². The summed E-state index contributed by atoms with van der Waals surface area (Å²) in [5.74, 6) is 0.683. The molecule has 0 atom stereocenters. The van der Waals surface area contributed by atoms with E-state index in [4.69, 9.17) is 14.1 Å².